The predicted molar refractivity (Wildman–Crippen MR) is 69.3 cm³/mol. The van der Waals surface area contributed by atoms with Crippen molar-refractivity contribution in [2.45, 2.75) is 0 Å². The van der Waals surface area contributed by atoms with E-state index in [0.717, 1.165) is 11.0 Å². The number of nitrogens with one attached hydrogen (secondary N) is 1. The van der Waals surface area contributed by atoms with Crippen LogP contribution in [-0.2, 0) is 0 Å². The number of aliphatic hydroxyl groups is 1. The highest BCUT2D eigenvalue weighted by Gasteiger charge is 2.14. The van der Waals surface area contributed by atoms with Crippen LogP contribution in [0.25, 0.3) is 11.0 Å². The van der Waals surface area contributed by atoms with Gasteiger partial charge in [-0.1, -0.05) is 6.08 Å². The molecular weight excluding hydrogens is 230 g/mol. The summed E-state index contributed by atoms with van der Waals surface area (Å²) in [6.45, 7) is 4.26. The van der Waals surface area contributed by atoms with Crippen LogP contribution in [0.2, 0.25) is 0 Å². The number of amides is 1. The van der Waals surface area contributed by atoms with E-state index in [4.69, 9.17) is 5.11 Å². The number of fused-ring (bicyclic) bond motifs is 1. The highest BCUT2D eigenvalue weighted by molar-refractivity contribution is 5.97. The Bertz CT molecular complexity index is 562. The Morgan fingerprint density at radius 3 is 3.11 bits per heavy atom. The number of carbonyl (C=O) groups excluding carboxylic acids is 1. The Labute approximate surface area is 105 Å². The number of H-pyrrole nitrogens is 1. The zero-order valence-corrected chi connectivity index (χ0v) is 9.97. The van der Waals surface area contributed by atoms with Gasteiger partial charge in [0.1, 0.15) is 0 Å². The van der Waals surface area contributed by atoms with Gasteiger partial charge in [-0.25, -0.2) is 4.98 Å². The molecule has 0 aliphatic carbocycles. The van der Waals surface area contributed by atoms with Crippen molar-refractivity contribution in [2.75, 3.05) is 19.7 Å². The molecule has 0 aliphatic heterocycles. The van der Waals surface area contributed by atoms with E-state index in [2.05, 4.69) is 16.5 Å². The van der Waals surface area contributed by atoms with Crippen LogP contribution in [0.5, 0.6) is 0 Å². The number of hydrogen-bond donors (Lipinski definition) is 2. The molecular formula is C13H15N3O2. The molecule has 0 aliphatic rings. The summed E-state index contributed by atoms with van der Waals surface area (Å²) >= 11 is 0. The van der Waals surface area contributed by atoms with Crippen LogP contribution in [0.15, 0.2) is 37.2 Å². The molecule has 1 aromatic heterocycles. The molecule has 0 atom stereocenters. The Morgan fingerprint density at radius 2 is 2.39 bits per heavy atom. The first-order chi connectivity index (χ1) is 8.76. The molecule has 0 spiro atoms. The van der Waals surface area contributed by atoms with Crippen molar-refractivity contribution in [2.24, 2.45) is 0 Å². The summed E-state index contributed by atoms with van der Waals surface area (Å²) in [5, 5.41) is 8.95. The molecule has 2 rings (SSSR count). The molecule has 1 heterocycles. The molecule has 5 nitrogen and oxygen atoms in total. The summed E-state index contributed by atoms with van der Waals surface area (Å²) in [5.74, 6) is -0.125. The molecule has 1 aromatic carbocycles. The zero-order valence-electron chi connectivity index (χ0n) is 9.97. The predicted octanol–water partition coefficient (Wildman–Crippen LogP) is 1.18. The standard InChI is InChI=1S/C13H15N3O2/c1-2-5-16(6-7-17)13(18)10-3-4-11-12(8-10)15-9-14-11/h2-4,8-9,17H,1,5-7H2,(H,14,15). The van der Waals surface area contributed by atoms with Crippen LogP contribution in [0.1, 0.15) is 10.4 Å². The number of aromatic amines is 1. The van der Waals surface area contributed by atoms with Gasteiger partial charge in [-0.3, -0.25) is 4.79 Å². The second kappa shape index (κ2) is 5.46. The van der Waals surface area contributed by atoms with Gasteiger partial charge in [-0.2, -0.15) is 0 Å². The van der Waals surface area contributed by atoms with Crippen molar-refractivity contribution in [3.63, 3.8) is 0 Å². The van der Waals surface area contributed by atoms with Gasteiger partial charge in [0.25, 0.3) is 5.91 Å². The average molecular weight is 245 g/mol. The van der Waals surface area contributed by atoms with E-state index in [0.29, 0.717) is 18.7 Å². The van der Waals surface area contributed by atoms with Gasteiger partial charge < -0.3 is 15.0 Å². The molecule has 0 unspecified atom stereocenters. The minimum absolute atomic E-state index is 0.0636. The fourth-order valence-electron chi connectivity index (χ4n) is 1.80. The van der Waals surface area contributed by atoms with E-state index in [1.807, 2.05) is 0 Å². The Balaban J connectivity index is 2.27. The highest BCUT2D eigenvalue weighted by atomic mass is 16.3. The summed E-state index contributed by atoms with van der Waals surface area (Å²) in [4.78, 5) is 20.8. The third-order valence-electron chi connectivity index (χ3n) is 2.67. The lowest BCUT2D eigenvalue weighted by molar-refractivity contribution is 0.0743. The van der Waals surface area contributed by atoms with Crippen molar-refractivity contribution >= 4 is 16.9 Å². The van der Waals surface area contributed by atoms with Gasteiger partial charge in [-0.15, -0.1) is 6.58 Å². The Morgan fingerprint density at radius 1 is 1.56 bits per heavy atom. The fourth-order valence-corrected chi connectivity index (χ4v) is 1.80. The van der Waals surface area contributed by atoms with Crippen molar-refractivity contribution in [1.82, 2.24) is 14.9 Å². The summed E-state index contributed by atoms with van der Waals surface area (Å²) in [6.07, 6.45) is 3.23. The van der Waals surface area contributed by atoms with Gasteiger partial charge in [0.05, 0.1) is 24.0 Å². The lowest BCUT2D eigenvalue weighted by Crippen LogP contribution is -2.33. The maximum Gasteiger partial charge on any atom is 0.254 e. The van der Waals surface area contributed by atoms with Crippen molar-refractivity contribution < 1.29 is 9.90 Å². The van der Waals surface area contributed by atoms with Crippen LogP contribution >= 0.6 is 0 Å². The van der Waals surface area contributed by atoms with Crippen molar-refractivity contribution in [3.05, 3.63) is 42.7 Å². The van der Waals surface area contributed by atoms with Gasteiger partial charge in [0, 0.05) is 18.7 Å². The second-order valence-electron chi connectivity index (χ2n) is 3.90. The third-order valence-corrected chi connectivity index (χ3v) is 2.67. The van der Waals surface area contributed by atoms with Crippen molar-refractivity contribution in [3.8, 4) is 0 Å². The highest BCUT2D eigenvalue weighted by Crippen LogP contribution is 2.13. The molecule has 1 amide bonds. The maximum atomic E-state index is 12.2. The van der Waals surface area contributed by atoms with Gasteiger partial charge in [0.2, 0.25) is 0 Å². The molecule has 0 bridgehead atoms. The van der Waals surface area contributed by atoms with E-state index in [9.17, 15) is 4.79 Å². The van der Waals surface area contributed by atoms with Crippen LogP contribution < -0.4 is 0 Å². The number of carbonyl (C=O) groups is 1. The summed E-state index contributed by atoms with van der Waals surface area (Å²) in [6, 6.07) is 5.29. The van der Waals surface area contributed by atoms with Gasteiger partial charge in [-0.05, 0) is 18.2 Å². The summed E-state index contributed by atoms with van der Waals surface area (Å²) in [7, 11) is 0. The van der Waals surface area contributed by atoms with Crippen LogP contribution in [-0.4, -0.2) is 45.6 Å². The molecule has 94 valence electrons. The Hall–Kier alpha value is -2.14. The normalized spacial score (nSPS) is 10.5. The van der Waals surface area contributed by atoms with E-state index < -0.39 is 0 Å². The second-order valence-corrected chi connectivity index (χ2v) is 3.90. The minimum atomic E-state index is -0.125. The number of benzene rings is 1. The van der Waals surface area contributed by atoms with Gasteiger partial charge in [0.15, 0.2) is 0 Å². The molecule has 2 aromatic rings. The Kier molecular flexibility index (Phi) is 3.74. The first-order valence-corrected chi connectivity index (χ1v) is 5.70. The molecule has 5 heteroatoms. The van der Waals surface area contributed by atoms with Crippen LogP contribution in [0, 0.1) is 0 Å². The molecule has 0 saturated heterocycles. The minimum Gasteiger partial charge on any atom is -0.395 e. The first-order valence-electron chi connectivity index (χ1n) is 5.70. The summed E-state index contributed by atoms with van der Waals surface area (Å²) in [5.41, 5.74) is 2.22. The summed E-state index contributed by atoms with van der Waals surface area (Å²) < 4.78 is 0. The first kappa shape index (κ1) is 12.3. The topological polar surface area (TPSA) is 69.2 Å². The lowest BCUT2D eigenvalue weighted by Gasteiger charge is -2.19. The average Bonchev–Trinajstić information content (AvgIpc) is 2.84. The molecule has 0 saturated carbocycles. The number of hydrogen-bond acceptors (Lipinski definition) is 3. The molecule has 0 fully saturated rings. The number of aromatic nitrogens is 2. The van der Waals surface area contributed by atoms with Gasteiger partial charge >= 0.3 is 0 Å². The maximum absolute atomic E-state index is 12.2. The number of nitrogens with zero attached hydrogens (tertiary/aromatic N) is 2. The van der Waals surface area contributed by atoms with E-state index in [1.165, 1.54) is 0 Å². The smallest absolute Gasteiger partial charge is 0.254 e. The van der Waals surface area contributed by atoms with Crippen molar-refractivity contribution in [1.29, 1.82) is 0 Å². The largest absolute Gasteiger partial charge is 0.395 e. The zero-order chi connectivity index (χ0) is 13.0. The monoisotopic (exact) mass is 245 g/mol. The molecule has 0 radical (unpaired) electrons. The third kappa shape index (κ3) is 2.41. The number of imidazole rings is 1. The van der Waals surface area contributed by atoms with E-state index in [1.54, 1.807) is 35.5 Å². The number of aliphatic hydroxyl groups excluding tert-OH is 1. The van der Waals surface area contributed by atoms with E-state index in [-0.39, 0.29) is 12.5 Å². The molecule has 2 N–H and O–H groups in total. The van der Waals surface area contributed by atoms with Crippen LogP contribution in [0.3, 0.4) is 0 Å². The number of rotatable bonds is 5. The fraction of sp³-hybridized carbons (Fsp3) is 0.231. The SMILES string of the molecule is C=CCN(CCO)C(=O)c1ccc2nc[nH]c2c1. The molecule has 18 heavy (non-hydrogen) atoms. The lowest BCUT2D eigenvalue weighted by atomic mass is 10.1. The van der Waals surface area contributed by atoms with E-state index >= 15 is 0 Å². The van der Waals surface area contributed by atoms with Crippen LogP contribution in [0.4, 0.5) is 0 Å². The quantitative estimate of drug-likeness (QED) is 0.777.